The van der Waals surface area contributed by atoms with E-state index in [4.69, 9.17) is 4.42 Å². The first-order valence-electron chi connectivity index (χ1n) is 5.40. The van der Waals surface area contributed by atoms with E-state index in [1.54, 1.807) is 0 Å². The summed E-state index contributed by atoms with van der Waals surface area (Å²) >= 11 is 0. The average molecular weight is 203 g/mol. The van der Waals surface area contributed by atoms with Crippen LogP contribution in [0.2, 0.25) is 0 Å². The van der Waals surface area contributed by atoms with E-state index in [0.717, 1.165) is 18.7 Å². The maximum Gasteiger partial charge on any atom is 0.137 e. The van der Waals surface area contributed by atoms with Crippen LogP contribution < -0.4 is 5.32 Å². The second-order valence-electron chi connectivity index (χ2n) is 4.00. The highest BCUT2D eigenvalue weighted by Crippen LogP contribution is 2.25. The first kappa shape index (κ1) is 10.2. The SMILES string of the molecule is CCNCc1coc2c(C)cc(C)cc12. The van der Waals surface area contributed by atoms with Crippen LogP contribution in [0.4, 0.5) is 0 Å². The summed E-state index contributed by atoms with van der Waals surface area (Å²) in [6.07, 6.45) is 1.86. The molecule has 0 fully saturated rings. The molecule has 1 aromatic heterocycles. The van der Waals surface area contributed by atoms with Crippen LogP contribution in [-0.4, -0.2) is 6.54 Å². The molecule has 15 heavy (non-hydrogen) atoms. The van der Waals surface area contributed by atoms with Crippen molar-refractivity contribution in [1.82, 2.24) is 5.32 Å². The molecule has 0 amide bonds. The summed E-state index contributed by atoms with van der Waals surface area (Å²) in [7, 11) is 0. The van der Waals surface area contributed by atoms with Gasteiger partial charge in [-0.05, 0) is 37.6 Å². The largest absolute Gasteiger partial charge is 0.464 e. The Morgan fingerprint density at radius 2 is 2.07 bits per heavy atom. The molecule has 1 N–H and O–H groups in total. The number of nitrogens with one attached hydrogen (secondary N) is 1. The molecule has 1 heterocycles. The lowest BCUT2D eigenvalue weighted by Crippen LogP contribution is -2.11. The molecular weight excluding hydrogens is 186 g/mol. The first-order chi connectivity index (χ1) is 7.22. The lowest BCUT2D eigenvalue weighted by Gasteiger charge is -2.01. The second-order valence-corrected chi connectivity index (χ2v) is 4.00. The molecule has 0 saturated heterocycles. The fourth-order valence-corrected chi connectivity index (χ4v) is 1.94. The second kappa shape index (κ2) is 4.07. The Morgan fingerprint density at radius 3 is 2.80 bits per heavy atom. The fourth-order valence-electron chi connectivity index (χ4n) is 1.94. The summed E-state index contributed by atoms with van der Waals surface area (Å²) in [5, 5.41) is 4.57. The molecule has 0 unspecified atom stereocenters. The number of hydrogen-bond donors (Lipinski definition) is 1. The third-order valence-electron chi connectivity index (χ3n) is 2.65. The van der Waals surface area contributed by atoms with Crippen LogP contribution >= 0.6 is 0 Å². The van der Waals surface area contributed by atoms with Crippen molar-refractivity contribution < 1.29 is 4.42 Å². The summed E-state index contributed by atoms with van der Waals surface area (Å²) in [5.41, 5.74) is 4.78. The van der Waals surface area contributed by atoms with Gasteiger partial charge in [0, 0.05) is 17.5 Å². The molecule has 2 aromatic rings. The van der Waals surface area contributed by atoms with Crippen molar-refractivity contribution in [2.45, 2.75) is 27.3 Å². The normalized spacial score (nSPS) is 11.1. The maximum atomic E-state index is 5.59. The number of fused-ring (bicyclic) bond motifs is 1. The van der Waals surface area contributed by atoms with E-state index in [2.05, 4.69) is 38.2 Å². The van der Waals surface area contributed by atoms with Crippen LogP contribution in [0.5, 0.6) is 0 Å². The Kier molecular flexibility index (Phi) is 2.78. The Morgan fingerprint density at radius 1 is 1.27 bits per heavy atom. The summed E-state index contributed by atoms with van der Waals surface area (Å²) < 4.78 is 5.59. The lowest BCUT2D eigenvalue weighted by atomic mass is 10.1. The van der Waals surface area contributed by atoms with E-state index in [1.807, 2.05) is 6.26 Å². The summed E-state index contributed by atoms with van der Waals surface area (Å²) in [5.74, 6) is 0. The predicted octanol–water partition coefficient (Wildman–Crippen LogP) is 3.16. The average Bonchev–Trinajstić information content (AvgIpc) is 2.58. The summed E-state index contributed by atoms with van der Waals surface area (Å²) in [6, 6.07) is 4.35. The Labute approximate surface area is 90.3 Å². The first-order valence-corrected chi connectivity index (χ1v) is 5.40. The number of aryl methyl sites for hydroxylation is 2. The van der Waals surface area contributed by atoms with E-state index >= 15 is 0 Å². The van der Waals surface area contributed by atoms with Crippen LogP contribution in [0.3, 0.4) is 0 Å². The highest BCUT2D eigenvalue weighted by molar-refractivity contribution is 5.84. The third kappa shape index (κ3) is 1.90. The van der Waals surface area contributed by atoms with Crippen LogP contribution in [0, 0.1) is 13.8 Å². The van der Waals surface area contributed by atoms with Crippen LogP contribution in [0.15, 0.2) is 22.8 Å². The number of benzene rings is 1. The van der Waals surface area contributed by atoms with Crippen molar-refractivity contribution in [2.75, 3.05) is 6.54 Å². The van der Waals surface area contributed by atoms with Gasteiger partial charge >= 0.3 is 0 Å². The van der Waals surface area contributed by atoms with Gasteiger partial charge in [-0.25, -0.2) is 0 Å². The van der Waals surface area contributed by atoms with Crippen molar-refractivity contribution in [3.05, 3.63) is 35.1 Å². The molecular formula is C13H17NO. The Bertz CT molecular complexity index is 471. The third-order valence-corrected chi connectivity index (χ3v) is 2.65. The molecule has 80 valence electrons. The minimum absolute atomic E-state index is 0.881. The van der Waals surface area contributed by atoms with E-state index < -0.39 is 0 Å². The number of hydrogen-bond acceptors (Lipinski definition) is 2. The summed E-state index contributed by atoms with van der Waals surface area (Å²) in [6.45, 7) is 8.19. The quantitative estimate of drug-likeness (QED) is 0.829. The van der Waals surface area contributed by atoms with Crippen LogP contribution in [0.1, 0.15) is 23.6 Å². The highest BCUT2D eigenvalue weighted by Gasteiger charge is 2.07. The molecule has 0 aliphatic carbocycles. The molecule has 0 aliphatic rings. The van der Waals surface area contributed by atoms with Gasteiger partial charge < -0.3 is 9.73 Å². The molecule has 0 saturated carbocycles. The van der Waals surface area contributed by atoms with Crippen molar-refractivity contribution in [3.63, 3.8) is 0 Å². The molecule has 2 nitrogen and oxygen atoms in total. The highest BCUT2D eigenvalue weighted by atomic mass is 16.3. The van der Waals surface area contributed by atoms with E-state index in [-0.39, 0.29) is 0 Å². The predicted molar refractivity (Wildman–Crippen MR) is 63.1 cm³/mol. The van der Waals surface area contributed by atoms with Gasteiger partial charge in [-0.3, -0.25) is 0 Å². The van der Waals surface area contributed by atoms with Gasteiger partial charge in [-0.1, -0.05) is 13.0 Å². The maximum absolute atomic E-state index is 5.59. The number of rotatable bonds is 3. The van der Waals surface area contributed by atoms with Gasteiger partial charge in [0.15, 0.2) is 0 Å². The fraction of sp³-hybridized carbons (Fsp3) is 0.385. The smallest absolute Gasteiger partial charge is 0.137 e. The summed E-state index contributed by atoms with van der Waals surface area (Å²) in [4.78, 5) is 0. The van der Waals surface area contributed by atoms with Crippen molar-refractivity contribution >= 4 is 11.0 Å². The van der Waals surface area contributed by atoms with Crippen LogP contribution in [0.25, 0.3) is 11.0 Å². The molecule has 0 bridgehead atoms. The Hall–Kier alpha value is -1.28. The Balaban J connectivity index is 2.49. The molecule has 0 aliphatic heterocycles. The molecule has 2 rings (SSSR count). The zero-order chi connectivity index (χ0) is 10.8. The topological polar surface area (TPSA) is 25.2 Å². The van der Waals surface area contributed by atoms with Gasteiger partial charge in [0.2, 0.25) is 0 Å². The lowest BCUT2D eigenvalue weighted by molar-refractivity contribution is 0.602. The van der Waals surface area contributed by atoms with E-state index in [9.17, 15) is 0 Å². The van der Waals surface area contributed by atoms with Crippen molar-refractivity contribution in [2.24, 2.45) is 0 Å². The monoisotopic (exact) mass is 203 g/mol. The number of furan rings is 1. The molecule has 0 radical (unpaired) electrons. The van der Waals surface area contributed by atoms with E-state index in [1.165, 1.54) is 22.1 Å². The van der Waals surface area contributed by atoms with Gasteiger partial charge in [-0.2, -0.15) is 0 Å². The van der Waals surface area contributed by atoms with Gasteiger partial charge in [0.25, 0.3) is 0 Å². The minimum Gasteiger partial charge on any atom is -0.464 e. The molecule has 2 heteroatoms. The minimum atomic E-state index is 0.881. The zero-order valence-electron chi connectivity index (χ0n) is 9.55. The van der Waals surface area contributed by atoms with Crippen LogP contribution in [-0.2, 0) is 6.54 Å². The zero-order valence-corrected chi connectivity index (χ0v) is 9.55. The van der Waals surface area contributed by atoms with Crippen molar-refractivity contribution in [1.29, 1.82) is 0 Å². The molecule has 0 spiro atoms. The van der Waals surface area contributed by atoms with Gasteiger partial charge in [0.05, 0.1) is 6.26 Å². The molecule has 0 atom stereocenters. The standard InChI is InChI=1S/C13H17NO/c1-4-14-7-11-8-15-13-10(3)5-9(2)6-12(11)13/h5-6,8,14H,4,7H2,1-3H3. The van der Waals surface area contributed by atoms with Gasteiger partial charge in [-0.15, -0.1) is 0 Å². The van der Waals surface area contributed by atoms with Gasteiger partial charge in [0.1, 0.15) is 5.58 Å². The molecule has 1 aromatic carbocycles. The van der Waals surface area contributed by atoms with E-state index in [0.29, 0.717) is 0 Å². The van der Waals surface area contributed by atoms with Crippen molar-refractivity contribution in [3.8, 4) is 0 Å².